The molecule has 0 fully saturated rings. The first-order chi connectivity index (χ1) is 7.09. The van der Waals surface area contributed by atoms with E-state index >= 15 is 0 Å². The van der Waals surface area contributed by atoms with Gasteiger partial charge in [0.15, 0.2) is 0 Å². The van der Waals surface area contributed by atoms with E-state index < -0.39 is 6.10 Å². The van der Waals surface area contributed by atoms with Crippen LogP contribution in [-0.4, -0.2) is 32.8 Å². The lowest BCUT2D eigenvalue weighted by atomic mass is 10.1. The lowest BCUT2D eigenvalue weighted by Crippen LogP contribution is -2.38. The summed E-state index contributed by atoms with van der Waals surface area (Å²) in [6, 6.07) is 1.42. The van der Waals surface area contributed by atoms with Crippen LogP contribution >= 0.6 is 0 Å². The van der Waals surface area contributed by atoms with Crippen molar-refractivity contribution in [2.75, 3.05) is 0 Å². The van der Waals surface area contributed by atoms with Crippen LogP contribution < -0.4 is 5.73 Å². The van der Waals surface area contributed by atoms with Crippen LogP contribution in [-0.2, 0) is 11.3 Å². The molecule has 0 radical (unpaired) electrons. The quantitative estimate of drug-likeness (QED) is 0.690. The largest absolute Gasteiger partial charge is 0.391 e. The van der Waals surface area contributed by atoms with Crippen molar-refractivity contribution >= 4 is 5.78 Å². The molecule has 0 unspecified atom stereocenters. The molecule has 3 N–H and O–H groups in total. The monoisotopic (exact) mass is 211 g/mol. The Morgan fingerprint density at radius 1 is 1.67 bits per heavy atom. The van der Waals surface area contributed by atoms with Crippen LogP contribution in [0.4, 0.5) is 0 Å². The van der Waals surface area contributed by atoms with Crippen molar-refractivity contribution in [2.24, 2.45) is 5.73 Å². The summed E-state index contributed by atoms with van der Waals surface area (Å²) >= 11 is 0. The van der Waals surface area contributed by atoms with Crippen LogP contribution in [0.2, 0.25) is 0 Å². The molecule has 0 saturated carbocycles. The molecule has 15 heavy (non-hydrogen) atoms. The Morgan fingerprint density at radius 2 is 2.40 bits per heavy atom. The highest BCUT2D eigenvalue weighted by Crippen LogP contribution is 2.03. The van der Waals surface area contributed by atoms with E-state index in [0.29, 0.717) is 19.4 Å². The van der Waals surface area contributed by atoms with Crippen LogP contribution in [0, 0.1) is 0 Å². The van der Waals surface area contributed by atoms with Crippen molar-refractivity contribution < 1.29 is 9.90 Å². The average Bonchev–Trinajstić information content (AvgIpc) is 2.66. The van der Waals surface area contributed by atoms with Gasteiger partial charge >= 0.3 is 0 Å². The molecule has 0 aromatic carbocycles. The van der Waals surface area contributed by atoms with Crippen LogP contribution in [0.25, 0.3) is 0 Å². The molecule has 1 rings (SSSR count). The van der Waals surface area contributed by atoms with Gasteiger partial charge in [0.25, 0.3) is 0 Å². The first-order valence-corrected chi connectivity index (χ1v) is 5.00. The molecule has 0 aliphatic carbocycles. The Balaban J connectivity index is 2.33. The maximum atomic E-state index is 10.7. The number of hydrogen-bond donors (Lipinski definition) is 2. The number of nitrogens with zero attached hydrogens (tertiary/aromatic N) is 2. The zero-order chi connectivity index (χ0) is 11.3. The molecule has 0 bridgehead atoms. The lowest BCUT2D eigenvalue weighted by Gasteiger charge is -2.18. The van der Waals surface area contributed by atoms with Crippen LogP contribution in [0.1, 0.15) is 19.8 Å². The van der Waals surface area contributed by atoms with Crippen LogP contribution in [0.5, 0.6) is 0 Å². The van der Waals surface area contributed by atoms with Crippen molar-refractivity contribution in [3.05, 3.63) is 18.5 Å². The predicted octanol–water partition coefficient (Wildman–Crippen LogP) is -0.0595. The van der Waals surface area contributed by atoms with E-state index in [1.165, 1.54) is 6.92 Å². The van der Waals surface area contributed by atoms with Crippen molar-refractivity contribution in [1.29, 1.82) is 0 Å². The van der Waals surface area contributed by atoms with Gasteiger partial charge in [-0.1, -0.05) is 0 Å². The number of aliphatic hydroxyl groups is 1. The Labute approximate surface area is 88.9 Å². The standard InChI is InChI=1S/C10H17N3O2/c1-8(14)3-4-10(15)9(11)7-13-6-2-5-12-13/h2,5-6,9-10,15H,3-4,7,11H2,1H3/t9-,10-/m1/s1. The highest BCUT2D eigenvalue weighted by molar-refractivity contribution is 5.75. The van der Waals surface area contributed by atoms with Gasteiger partial charge in [-0.25, -0.2) is 0 Å². The summed E-state index contributed by atoms with van der Waals surface area (Å²) in [5, 5.41) is 13.6. The van der Waals surface area contributed by atoms with Gasteiger partial charge in [0.05, 0.1) is 18.7 Å². The van der Waals surface area contributed by atoms with E-state index in [-0.39, 0.29) is 11.8 Å². The summed E-state index contributed by atoms with van der Waals surface area (Å²) in [5.41, 5.74) is 5.77. The van der Waals surface area contributed by atoms with Gasteiger partial charge in [0.2, 0.25) is 0 Å². The van der Waals surface area contributed by atoms with E-state index in [1.807, 2.05) is 0 Å². The fourth-order valence-electron chi connectivity index (χ4n) is 1.31. The number of aromatic nitrogens is 2. The molecular weight excluding hydrogens is 194 g/mol. The fourth-order valence-corrected chi connectivity index (χ4v) is 1.31. The van der Waals surface area contributed by atoms with Gasteiger partial charge in [0.1, 0.15) is 5.78 Å². The van der Waals surface area contributed by atoms with Crippen molar-refractivity contribution in [2.45, 2.75) is 38.5 Å². The molecule has 1 aromatic heterocycles. The number of aliphatic hydroxyl groups excluding tert-OH is 1. The molecular formula is C10H17N3O2. The Hall–Kier alpha value is -1.20. The summed E-state index contributed by atoms with van der Waals surface area (Å²) < 4.78 is 1.67. The summed E-state index contributed by atoms with van der Waals surface area (Å²) in [6.45, 7) is 1.97. The van der Waals surface area contributed by atoms with Crippen molar-refractivity contribution in [3.63, 3.8) is 0 Å². The van der Waals surface area contributed by atoms with Gasteiger partial charge in [-0.2, -0.15) is 5.10 Å². The second-order valence-corrected chi connectivity index (χ2v) is 3.70. The maximum Gasteiger partial charge on any atom is 0.129 e. The first kappa shape index (κ1) is 11.9. The van der Waals surface area contributed by atoms with Crippen LogP contribution in [0.15, 0.2) is 18.5 Å². The zero-order valence-electron chi connectivity index (χ0n) is 8.84. The van der Waals surface area contributed by atoms with E-state index in [9.17, 15) is 9.90 Å². The second-order valence-electron chi connectivity index (χ2n) is 3.70. The number of carbonyl (C=O) groups excluding carboxylic acids is 1. The lowest BCUT2D eigenvalue weighted by molar-refractivity contribution is -0.117. The Kier molecular flexibility index (Phi) is 4.45. The van der Waals surface area contributed by atoms with Crippen molar-refractivity contribution in [3.8, 4) is 0 Å². The Morgan fingerprint density at radius 3 is 2.93 bits per heavy atom. The molecule has 1 heterocycles. The van der Waals surface area contributed by atoms with Gasteiger partial charge in [0, 0.05) is 18.8 Å². The van der Waals surface area contributed by atoms with Gasteiger partial charge in [-0.05, 0) is 19.4 Å². The summed E-state index contributed by atoms with van der Waals surface area (Å²) in [6.07, 6.45) is 3.58. The number of carbonyl (C=O) groups is 1. The Bertz CT molecular complexity index is 298. The smallest absolute Gasteiger partial charge is 0.129 e. The minimum atomic E-state index is -0.655. The molecule has 0 aliphatic rings. The molecule has 5 heteroatoms. The molecule has 0 saturated heterocycles. The summed E-state index contributed by atoms with van der Waals surface area (Å²) in [7, 11) is 0. The minimum Gasteiger partial charge on any atom is -0.391 e. The first-order valence-electron chi connectivity index (χ1n) is 5.00. The maximum absolute atomic E-state index is 10.7. The number of hydrogen-bond acceptors (Lipinski definition) is 4. The molecule has 5 nitrogen and oxygen atoms in total. The number of ketones is 1. The van der Waals surface area contributed by atoms with E-state index in [2.05, 4.69) is 5.10 Å². The molecule has 84 valence electrons. The average molecular weight is 211 g/mol. The summed E-state index contributed by atoms with van der Waals surface area (Å²) in [4.78, 5) is 10.7. The molecule has 0 aliphatic heterocycles. The number of Topliss-reactive ketones (excluding diaryl/α,β-unsaturated/α-hetero) is 1. The molecule has 1 aromatic rings. The van der Waals surface area contributed by atoms with E-state index in [0.717, 1.165) is 0 Å². The van der Waals surface area contributed by atoms with Crippen molar-refractivity contribution in [1.82, 2.24) is 9.78 Å². The van der Waals surface area contributed by atoms with Crippen LogP contribution in [0.3, 0.4) is 0 Å². The highest BCUT2D eigenvalue weighted by atomic mass is 16.3. The molecule has 2 atom stereocenters. The number of nitrogens with two attached hydrogens (primary N) is 1. The third-order valence-corrected chi connectivity index (χ3v) is 2.24. The predicted molar refractivity (Wildman–Crippen MR) is 56.1 cm³/mol. The second kappa shape index (κ2) is 5.63. The highest BCUT2D eigenvalue weighted by Gasteiger charge is 2.15. The SMILES string of the molecule is CC(=O)CC[C@@H](O)[C@H](N)Cn1cccn1. The van der Waals surface area contributed by atoms with E-state index in [4.69, 9.17) is 5.73 Å². The van der Waals surface area contributed by atoms with E-state index in [1.54, 1.807) is 23.1 Å². The zero-order valence-corrected chi connectivity index (χ0v) is 8.84. The van der Waals surface area contributed by atoms with Gasteiger partial charge in [-0.3, -0.25) is 4.68 Å². The minimum absolute atomic E-state index is 0.0698. The third kappa shape index (κ3) is 4.22. The summed E-state index contributed by atoms with van der Waals surface area (Å²) in [5.74, 6) is 0.0698. The molecule has 0 spiro atoms. The fraction of sp³-hybridized carbons (Fsp3) is 0.600. The molecule has 0 amide bonds. The normalized spacial score (nSPS) is 14.9. The third-order valence-electron chi connectivity index (χ3n) is 2.24. The number of rotatable bonds is 6. The topological polar surface area (TPSA) is 81.1 Å². The van der Waals surface area contributed by atoms with Gasteiger partial charge in [-0.15, -0.1) is 0 Å². The van der Waals surface area contributed by atoms with Gasteiger partial charge < -0.3 is 15.6 Å².